The zero-order valence-corrected chi connectivity index (χ0v) is 21.2. The van der Waals surface area contributed by atoms with E-state index in [1.807, 2.05) is 0 Å². The lowest BCUT2D eigenvalue weighted by atomic mass is 10.2. The predicted octanol–water partition coefficient (Wildman–Crippen LogP) is 0.628. The molecule has 0 atom stereocenters. The van der Waals surface area contributed by atoms with E-state index in [0.717, 1.165) is 16.0 Å². The lowest BCUT2D eigenvalue weighted by Crippen LogP contribution is -2.37. The molecule has 0 aliphatic carbocycles. The third-order valence-electron chi connectivity index (χ3n) is 5.27. The molecule has 0 aliphatic rings. The maximum Gasteiger partial charge on any atom is 0.373 e. The van der Waals surface area contributed by atoms with E-state index in [-0.39, 0.29) is 55.0 Å². The van der Waals surface area contributed by atoms with Crippen LogP contribution in [0, 0.1) is 0 Å². The van der Waals surface area contributed by atoms with Crippen molar-refractivity contribution < 1.29 is 67.8 Å². The molecular formula is C24H25N3O14. The fraction of sp³-hybridized carbons (Fsp3) is 0.333. The van der Waals surface area contributed by atoms with Crippen LogP contribution in [-0.4, -0.2) is 118 Å². The van der Waals surface area contributed by atoms with Crippen LogP contribution in [-0.2, 0) is 23.9 Å². The van der Waals surface area contributed by atoms with Crippen LogP contribution in [0.15, 0.2) is 33.2 Å². The van der Waals surface area contributed by atoms with Gasteiger partial charge in [0.2, 0.25) is 5.76 Å². The summed E-state index contributed by atoms with van der Waals surface area (Å²) in [4.78, 5) is 61.8. The van der Waals surface area contributed by atoms with Gasteiger partial charge in [-0.05, 0) is 12.1 Å². The first-order valence-electron chi connectivity index (χ1n) is 11.7. The Morgan fingerprint density at radius 1 is 0.780 bits per heavy atom. The van der Waals surface area contributed by atoms with E-state index in [2.05, 4.69) is 4.98 Å². The molecule has 5 N–H and O–H groups in total. The first kappa shape index (κ1) is 30.4. The van der Waals surface area contributed by atoms with Gasteiger partial charge in [0, 0.05) is 18.0 Å². The van der Waals surface area contributed by atoms with Crippen LogP contribution >= 0.6 is 0 Å². The van der Waals surface area contributed by atoms with Crippen LogP contribution in [0.1, 0.15) is 10.6 Å². The standard InChI is InChI=1S/C24H25N3O14/c28-19(29)9-26(10-20(30)31)1-2-38-3-4-39-16-5-13-6-17(23-25-8-18(41-23)24(36)37)40-15(13)7-14(16)27(11-21(32)33)12-22(34)35/h5-8H,1-4,9-12H2,(H,28,29)(H,30,31)(H,32,33)(H,34,35)(H,36,37). The van der Waals surface area contributed by atoms with E-state index >= 15 is 0 Å². The summed E-state index contributed by atoms with van der Waals surface area (Å²) in [6.07, 6.45) is 0.995. The van der Waals surface area contributed by atoms with Crippen molar-refractivity contribution in [3.8, 4) is 17.4 Å². The number of carbonyl (C=O) groups is 5. The van der Waals surface area contributed by atoms with Gasteiger partial charge in [-0.3, -0.25) is 24.1 Å². The molecule has 1 aromatic carbocycles. The molecule has 0 aliphatic heterocycles. The van der Waals surface area contributed by atoms with Crippen LogP contribution in [0.3, 0.4) is 0 Å². The average molecular weight is 579 g/mol. The molecule has 0 spiro atoms. The first-order valence-corrected chi connectivity index (χ1v) is 11.7. The van der Waals surface area contributed by atoms with Crippen LogP contribution in [0.4, 0.5) is 5.69 Å². The number of ether oxygens (including phenoxy) is 2. The number of anilines is 1. The smallest absolute Gasteiger partial charge is 0.373 e. The molecule has 0 saturated heterocycles. The summed E-state index contributed by atoms with van der Waals surface area (Å²) in [6, 6.07) is 4.28. The highest BCUT2D eigenvalue weighted by molar-refractivity contribution is 5.90. The van der Waals surface area contributed by atoms with Crippen molar-refractivity contribution in [3.63, 3.8) is 0 Å². The van der Waals surface area contributed by atoms with Gasteiger partial charge in [-0.1, -0.05) is 0 Å². The largest absolute Gasteiger partial charge is 0.489 e. The topological polar surface area (TPSA) is 251 Å². The monoisotopic (exact) mass is 579 g/mol. The summed E-state index contributed by atoms with van der Waals surface area (Å²) in [5, 5.41) is 45.9. The number of hydrogen-bond donors (Lipinski definition) is 5. The Labute approximate surface area is 229 Å². The second-order valence-corrected chi connectivity index (χ2v) is 8.41. The van der Waals surface area contributed by atoms with E-state index in [4.69, 9.17) is 33.6 Å². The van der Waals surface area contributed by atoms with E-state index < -0.39 is 61.8 Å². The van der Waals surface area contributed by atoms with Crippen molar-refractivity contribution >= 4 is 46.5 Å². The van der Waals surface area contributed by atoms with E-state index in [1.54, 1.807) is 0 Å². The van der Waals surface area contributed by atoms with Gasteiger partial charge >= 0.3 is 29.8 Å². The molecule has 0 fully saturated rings. The number of benzene rings is 1. The molecule has 17 heteroatoms. The molecule has 3 rings (SSSR count). The van der Waals surface area contributed by atoms with Gasteiger partial charge in [-0.2, -0.15) is 0 Å². The highest BCUT2D eigenvalue weighted by atomic mass is 16.5. The number of aromatic carboxylic acids is 1. The summed E-state index contributed by atoms with van der Waals surface area (Å²) in [5.41, 5.74) is 0.238. The van der Waals surface area contributed by atoms with Crippen molar-refractivity contribution in [2.75, 3.05) is 57.4 Å². The number of hydrogen-bond acceptors (Lipinski definition) is 12. The number of rotatable bonds is 18. The maximum atomic E-state index is 11.4. The number of oxazole rings is 1. The summed E-state index contributed by atoms with van der Waals surface area (Å²) >= 11 is 0. The zero-order valence-electron chi connectivity index (χ0n) is 21.2. The minimum Gasteiger partial charge on any atom is -0.489 e. The summed E-state index contributed by atoms with van der Waals surface area (Å²) < 4.78 is 22.0. The van der Waals surface area contributed by atoms with Gasteiger partial charge in [0.25, 0.3) is 5.89 Å². The minimum absolute atomic E-state index is 0.0144. The Bertz CT molecular complexity index is 1400. The normalized spacial score (nSPS) is 11.0. The van der Waals surface area contributed by atoms with E-state index in [0.29, 0.717) is 5.39 Å². The Hall–Kier alpha value is -5.16. The highest BCUT2D eigenvalue weighted by Gasteiger charge is 2.22. The van der Waals surface area contributed by atoms with Crippen molar-refractivity contribution in [1.82, 2.24) is 9.88 Å². The Kier molecular flexibility index (Phi) is 10.2. The SMILES string of the molecule is O=C(O)CN(CCOCCOc1cc2cc(-c3ncc(C(=O)O)o3)oc2cc1N(CC(=O)O)CC(=O)O)CC(=O)O. The third-order valence-corrected chi connectivity index (χ3v) is 5.27. The molecular weight excluding hydrogens is 554 g/mol. The van der Waals surface area contributed by atoms with Gasteiger partial charge in [-0.15, -0.1) is 0 Å². The van der Waals surface area contributed by atoms with Crippen molar-refractivity contribution in [3.05, 3.63) is 30.2 Å². The number of aromatic nitrogens is 1. The Morgan fingerprint density at radius 2 is 1.41 bits per heavy atom. The average Bonchev–Trinajstić information content (AvgIpc) is 3.51. The lowest BCUT2D eigenvalue weighted by molar-refractivity contribution is -0.142. The molecule has 41 heavy (non-hydrogen) atoms. The summed E-state index contributed by atoms with van der Waals surface area (Å²) in [5.74, 6) is -6.79. The molecule has 3 aromatic rings. The molecule has 0 bridgehead atoms. The van der Waals surface area contributed by atoms with Crippen LogP contribution in [0.2, 0.25) is 0 Å². The molecule has 2 aromatic heterocycles. The quantitative estimate of drug-likeness (QED) is 0.130. The van der Waals surface area contributed by atoms with E-state index in [1.165, 1.54) is 18.2 Å². The minimum atomic E-state index is -1.34. The number of furan rings is 1. The molecule has 0 saturated carbocycles. The van der Waals surface area contributed by atoms with Gasteiger partial charge in [-0.25, -0.2) is 9.78 Å². The second kappa shape index (κ2) is 13.8. The summed E-state index contributed by atoms with van der Waals surface area (Å²) in [7, 11) is 0. The molecule has 0 amide bonds. The fourth-order valence-electron chi connectivity index (χ4n) is 3.67. The van der Waals surface area contributed by atoms with Crippen LogP contribution < -0.4 is 9.64 Å². The van der Waals surface area contributed by atoms with Gasteiger partial charge < -0.3 is 48.7 Å². The summed E-state index contributed by atoms with van der Waals surface area (Å²) in [6.45, 7) is -2.49. The van der Waals surface area contributed by atoms with E-state index in [9.17, 15) is 34.2 Å². The molecule has 2 heterocycles. The zero-order chi connectivity index (χ0) is 30.1. The number of carboxylic acids is 5. The van der Waals surface area contributed by atoms with Gasteiger partial charge in [0.05, 0.1) is 38.2 Å². The van der Waals surface area contributed by atoms with Crippen molar-refractivity contribution in [2.24, 2.45) is 0 Å². The van der Waals surface area contributed by atoms with Gasteiger partial charge in [0.1, 0.15) is 31.0 Å². The maximum absolute atomic E-state index is 11.4. The van der Waals surface area contributed by atoms with Crippen molar-refractivity contribution in [1.29, 1.82) is 0 Å². The highest BCUT2D eigenvalue weighted by Crippen LogP contribution is 2.37. The number of fused-ring (bicyclic) bond motifs is 1. The third kappa shape index (κ3) is 8.94. The lowest BCUT2D eigenvalue weighted by Gasteiger charge is -2.23. The molecule has 0 radical (unpaired) electrons. The second-order valence-electron chi connectivity index (χ2n) is 8.41. The fourth-order valence-corrected chi connectivity index (χ4v) is 3.67. The van der Waals surface area contributed by atoms with Crippen molar-refractivity contribution in [2.45, 2.75) is 0 Å². The number of aliphatic carboxylic acids is 4. The van der Waals surface area contributed by atoms with Crippen LogP contribution in [0.5, 0.6) is 5.75 Å². The Morgan fingerprint density at radius 3 is 1.98 bits per heavy atom. The number of carboxylic acid groups (broad SMARTS) is 5. The van der Waals surface area contributed by atoms with Crippen LogP contribution in [0.25, 0.3) is 22.6 Å². The first-order chi connectivity index (χ1) is 19.4. The van der Waals surface area contributed by atoms with Gasteiger partial charge in [0.15, 0.2) is 5.76 Å². The number of nitrogens with zero attached hydrogens (tertiary/aromatic N) is 3. The Balaban J connectivity index is 1.79. The predicted molar refractivity (Wildman–Crippen MR) is 134 cm³/mol. The molecule has 17 nitrogen and oxygen atoms in total. The molecule has 220 valence electrons. The molecule has 0 unspecified atom stereocenters.